The van der Waals surface area contributed by atoms with E-state index in [1.807, 2.05) is 0 Å². The topological polar surface area (TPSA) is 86.3 Å². The van der Waals surface area contributed by atoms with Gasteiger partial charge in [-0.05, 0) is 0 Å². The Bertz CT molecular complexity index is 159. The lowest BCUT2D eigenvalue weighted by atomic mass is 10.2. The Hall–Kier alpha value is -1.20. The first-order chi connectivity index (χ1) is 5.04. The standard InChI is InChI=1S/C5H10N2O4/c1-5(7(10)11)3-2-4-6(8)9/h5H,2-4H2,1H3. The molecule has 0 aromatic carbocycles. The predicted molar refractivity (Wildman–Crippen MR) is 37.6 cm³/mol. The van der Waals surface area contributed by atoms with Gasteiger partial charge in [0, 0.05) is 29.6 Å². The first kappa shape index (κ1) is 9.80. The van der Waals surface area contributed by atoms with Crippen LogP contribution in [0.2, 0.25) is 0 Å². The minimum Gasteiger partial charge on any atom is -0.265 e. The molecule has 0 bridgehead atoms. The van der Waals surface area contributed by atoms with E-state index in [-0.39, 0.29) is 19.4 Å². The fourth-order valence-corrected chi connectivity index (χ4v) is 0.621. The van der Waals surface area contributed by atoms with E-state index in [1.54, 1.807) is 0 Å². The van der Waals surface area contributed by atoms with Crippen molar-refractivity contribution in [3.63, 3.8) is 0 Å². The van der Waals surface area contributed by atoms with E-state index in [0.29, 0.717) is 0 Å². The van der Waals surface area contributed by atoms with E-state index in [4.69, 9.17) is 0 Å². The molecule has 0 radical (unpaired) electrons. The predicted octanol–water partition coefficient (Wildman–Crippen LogP) is 0.708. The van der Waals surface area contributed by atoms with Crippen LogP contribution < -0.4 is 0 Å². The first-order valence-electron chi connectivity index (χ1n) is 3.29. The normalized spacial score (nSPS) is 12.5. The Morgan fingerprint density at radius 1 is 1.36 bits per heavy atom. The molecule has 0 saturated carbocycles. The smallest absolute Gasteiger partial charge is 0.210 e. The van der Waals surface area contributed by atoms with Gasteiger partial charge >= 0.3 is 0 Å². The van der Waals surface area contributed by atoms with Crippen molar-refractivity contribution in [3.05, 3.63) is 20.2 Å². The van der Waals surface area contributed by atoms with Gasteiger partial charge in [0.15, 0.2) is 0 Å². The van der Waals surface area contributed by atoms with Crippen LogP contribution in [0.4, 0.5) is 0 Å². The van der Waals surface area contributed by atoms with Crippen LogP contribution in [-0.4, -0.2) is 22.4 Å². The minimum atomic E-state index is -0.671. The van der Waals surface area contributed by atoms with Gasteiger partial charge in [-0.15, -0.1) is 0 Å². The lowest BCUT2D eigenvalue weighted by molar-refractivity contribution is -0.522. The van der Waals surface area contributed by atoms with Crippen molar-refractivity contribution in [2.45, 2.75) is 25.8 Å². The number of hydrogen-bond acceptors (Lipinski definition) is 4. The Balaban J connectivity index is 3.39. The summed E-state index contributed by atoms with van der Waals surface area (Å²) in [5, 5.41) is 19.8. The van der Waals surface area contributed by atoms with Crippen LogP contribution in [0.15, 0.2) is 0 Å². The van der Waals surface area contributed by atoms with Gasteiger partial charge < -0.3 is 0 Å². The maximum atomic E-state index is 10.0. The zero-order chi connectivity index (χ0) is 8.85. The average molecular weight is 162 g/mol. The second-order valence-corrected chi connectivity index (χ2v) is 2.33. The van der Waals surface area contributed by atoms with Crippen LogP contribution in [0.1, 0.15) is 19.8 Å². The van der Waals surface area contributed by atoms with E-state index in [0.717, 1.165) is 0 Å². The molecular weight excluding hydrogens is 152 g/mol. The zero-order valence-electron chi connectivity index (χ0n) is 6.23. The largest absolute Gasteiger partial charge is 0.265 e. The summed E-state index contributed by atoms with van der Waals surface area (Å²) in [6.45, 7) is 1.26. The van der Waals surface area contributed by atoms with Gasteiger partial charge in [0.2, 0.25) is 12.6 Å². The van der Waals surface area contributed by atoms with Gasteiger partial charge in [0.25, 0.3) is 0 Å². The molecule has 0 spiro atoms. The van der Waals surface area contributed by atoms with Crippen molar-refractivity contribution in [2.75, 3.05) is 6.54 Å². The molecule has 0 fully saturated rings. The highest BCUT2D eigenvalue weighted by Crippen LogP contribution is 1.99. The molecular formula is C5H10N2O4. The van der Waals surface area contributed by atoms with Crippen LogP contribution in [0.3, 0.4) is 0 Å². The van der Waals surface area contributed by atoms with Crippen molar-refractivity contribution in [1.29, 1.82) is 0 Å². The fourth-order valence-electron chi connectivity index (χ4n) is 0.621. The molecule has 0 aliphatic heterocycles. The molecule has 1 atom stereocenters. The van der Waals surface area contributed by atoms with Crippen molar-refractivity contribution >= 4 is 0 Å². The number of hydrogen-bond donors (Lipinski definition) is 0. The summed E-state index contributed by atoms with van der Waals surface area (Å²) in [7, 11) is 0. The average Bonchev–Trinajstić information content (AvgIpc) is 1.86. The van der Waals surface area contributed by atoms with Gasteiger partial charge in [-0.25, -0.2) is 0 Å². The first-order valence-corrected chi connectivity index (χ1v) is 3.29. The van der Waals surface area contributed by atoms with Crippen molar-refractivity contribution < 1.29 is 9.85 Å². The molecule has 0 aromatic rings. The molecule has 0 rings (SSSR count). The van der Waals surface area contributed by atoms with Crippen LogP contribution in [0.25, 0.3) is 0 Å². The fraction of sp³-hybridized carbons (Fsp3) is 1.00. The Morgan fingerprint density at radius 2 is 1.91 bits per heavy atom. The molecule has 0 aliphatic rings. The number of nitro groups is 2. The summed E-state index contributed by atoms with van der Waals surface area (Å²) in [6, 6.07) is -0.671. The highest BCUT2D eigenvalue weighted by atomic mass is 16.6. The van der Waals surface area contributed by atoms with Crippen LogP contribution in [0, 0.1) is 20.2 Å². The quantitative estimate of drug-likeness (QED) is 0.440. The van der Waals surface area contributed by atoms with Gasteiger partial charge in [0.1, 0.15) is 0 Å². The summed E-state index contributed by atoms with van der Waals surface area (Å²) >= 11 is 0. The molecule has 11 heavy (non-hydrogen) atoms. The van der Waals surface area contributed by atoms with Gasteiger partial charge in [-0.3, -0.25) is 20.2 Å². The van der Waals surface area contributed by atoms with Crippen molar-refractivity contribution in [2.24, 2.45) is 0 Å². The summed E-state index contributed by atoms with van der Waals surface area (Å²) < 4.78 is 0. The lowest BCUT2D eigenvalue weighted by Crippen LogP contribution is -2.16. The summed E-state index contributed by atoms with van der Waals surface area (Å²) in [6.07, 6.45) is 0.545. The Morgan fingerprint density at radius 3 is 2.27 bits per heavy atom. The van der Waals surface area contributed by atoms with E-state index in [1.165, 1.54) is 6.92 Å². The molecule has 0 saturated heterocycles. The molecule has 0 aliphatic carbocycles. The summed E-state index contributed by atoms with van der Waals surface area (Å²) in [5.74, 6) is 0. The Labute approximate surface area is 63.5 Å². The lowest BCUT2D eigenvalue weighted by Gasteiger charge is -1.99. The van der Waals surface area contributed by atoms with Gasteiger partial charge in [0.05, 0.1) is 0 Å². The van der Waals surface area contributed by atoms with E-state index >= 15 is 0 Å². The van der Waals surface area contributed by atoms with Gasteiger partial charge in [-0.2, -0.15) is 0 Å². The third-order valence-electron chi connectivity index (χ3n) is 1.32. The third-order valence-corrected chi connectivity index (χ3v) is 1.32. The molecule has 6 heteroatoms. The van der Waals surface area contributed by atoms with Crippen molar-refractivity contribution in [1.82, 2.24) is 0 Å². The highest BCUT2D eigenvalue weighted by Gasteiger charge is 2.12. The monoisotopic (exact) mass is 162 g/mol. The van der Waals surface area contributed by atoms with Crippen LogP contribution >= 0.6 is 0 Å². The van der Waals surface area contributed by atoms with Crippen molar-refractivity contribution in [3.8, 4) is 0 Å². The molecule has 64 valence electrons. The zero-order valence-corrected chi connectivity index (χ0v) is 6.23. The third kappa shape index (κ3) is 5.25. The van der Waals surface area contributed by atoms with Gasteiger partial charge in [-0.1, -0.05) is 0 Å². The minimum absolute atomic E-state index is 0.182. The highest BCUT2D eigenvalue weighted by molar-refractivity contribution is 4.47. The summed E-state index contributed by atoms with van der Waals surface area (Å²) in [4.78, 5) is 18.9. The van der Waals surface area contributed by atoms with E-state index < -0.39 is 15.9 Å². The van der Waals surface area contributed by atoms with Crippen LogP contribution in [-0.2, 0) is 0 Å². The molecule has 0 aromatic heterocycles. The maximum absolute atomic E-state index is 10.0. The molecule has 1 unspecified atom stereocenters. The van der Waals surface area contributed by atoms with Crippen LogP contribution in [0.5, 0.6) is 0 Å². The SMILES string of the molecule is CC(CCC[N+](=O)[O-])[N+](=O)[O-]. The maximum Gasteiger partial charge on any atom is 0.210 e. The molecule has 0 amide bonds. The van der Waals surface area contributed by atoms with E-state index in [9.17, 15) is 20.2 Å². The molecule has 0 heterocycles. The molecule has 0 N–H and O–H groups in total. The van der Waals surface area contributed by atoms with E-state index in [2.05, 4.69) is 0 Å². The second-order valence-electron chi connectivity index (χ2n) is 2.33. The number of nitrogens with zero attached hydrogens (tertiary/aromatic N) is 2. The Kier molecular flexibility index (Phi) is 4.09. The number of rotatable bonds is 5. The molecule has 6 nitrogen and oxygen atoms in total. The second kappa shape index (κ2) is 4.59. The summed E-state index contributed by atoms with van der Waals surface area (Å²) in [5.41, 5.74) is 0.